The number of hydrogen-bond acceptors (Lipinski definition) is 5. The van der Waals surface area contributed by atoms with Crippen LogP contribution in [0.15, 0.2) is 18.5 Å². The standard InChI is InChI=1S/C15H24N4O5S/c1-3-25(23,24)17-9-5-13(6-10-17)18(11-14(20)21)15(22)12(2)19-8-4-7-16-19/h4,7-8,12-13H,3,5-6,9-11H2,1-2H3,(H,20,21). The van der Waals surface area contributed by atoms with Crippen LogP contribution < -0.4 is 0 Å². The van der Waals surface area contributed by atoms with Crippen LogP contribution in [-0.4, -0.2) is 75.8 Å². The van der Waals surface area contributed by atoms with Gasteiger partial charge in [-0.15, -0.1) is 0 Å². The summed E-state index contributed by atoms with van der Waals surface area (Å²) in [5, 5.41) is 13.2. The van der Waals surface area contributed by atoms with Gasteiger partial charge in [0.1, 0.15) is 12.6 Å². The Hall–Kier alpha value is -1.94. The molecule has 10 heteroatoms. The molecule has 1 N–H and O–H groups in total. The molecule has 25 heavy (non-hydrogen) atoms. The molecule has 1 amide bonds. The van der Waals surface area contributed by atoms with Gasteiger partial charge < -0.3 is 10.0 Å². The van der Waals surface area contributed by atoms with E-state index in [1.54, 1.807) is 32.3 Å². The minimum absolute atomic E-state index is 0.0335. The molecule has 0 spiro atoms. The summed E-state index contributed by atoms with van der Waals surface area (Å²) in [6, 6.07) is 0.774. The number of aromatic nitrogens is 2. The van der Waals surface area contributed by atoms with Gasteiger partial charge in [0.05, 0.1) is 5.75 Å². The number of carboxylic acid groups (broad SMARTS) is 1. The lowest BCUT2D eigenvalue weighted by Crippen LogP contribution is -2.51. The van der Waals surface area contributed by atoms with Crippen molar-refractivity contribution in [3.63, 3.8) is 0 Å². The largest absolute Gasteiger partial charge is 0.480 e. The zero-order valence-corrected chi connectivity index (χ0v) is 15.2. The quantitative estimate of drug-likeness (QED) is 0.730. The van der Waals surface area contributed by atoms with Crippen molar-refractivity contribution in [2.45, 2.75) is 38.8 Å². The molecule has 0 saturated carbocycles. The molecule has 1 aromatic heterocycles. The molecular formula is C15H24N4O5S. The van der Waals surface area contributed by atoms with E-state index in [9.17, 15) is 23.1 Å². The van der Waals surface area contributed by atoms with Crippen LogP contribution in [0.5, 0.6) is 0 Å². The summed E-state index contributed by atoms with van der Waals surface area (Å²) in [4.78, 5) is 25.3. The van der Waals surface area contributed by atoms with E-state index in [1.807, 2.05) is 0 Å². The Labute approximate surface area is 147 Å². The molecule has 0 aromatic carbocycles. The van der Waals surface area contributed by atoms with Crippen LogP contribution in [-0.2, 0) is 19.6 Å². The molecule has 1 aromatic rings. The first-order chi connectivity index (χ1) is 11.8. The molecule has 1 saturated heterocycles. The van der Waals surface area contributed by atoms with E-state index in [-0.39, 0.29) is 17.7 Å². The van der Waals surface area contributed by atoms with Gasteiger partial charge in [0.25, 0.3) is 0 Å². The Kier molecular flexibility index (Phi) is 6.17. The van der Waals surface area contributed by atoms with Crippen LogP contribution >= 0.6 is 0 Å². The Balaban J connectivity index is 2.11. The fourth-order valence-electron chi connectivity index (χ4n) is 3.01. The predicted octanol–water partition coefficient (Wildman–Crippen LogP) is 0.171. The van der Waals surface area contributed by atoms with Gasteiger partial charge in [0.15, 0.2) is 0 Å². The van der Waals surface area contributed by atoms with E-state index in [0.717, 1.165) is 0 Å². The number of nitrogens with zero attached hydrogens (tertiary/aromatic N) is 4. The van der Waals surface area contributed by atoms with Crippen LogP contribution in [0.25, 0.3) is 0 Å². The Morgan fingerprint density at radius 2 is 2.00 bits per heavy atom. The van der Waals surface area contributed by atoms with Crippen molar-refractivity contribution in [2.75, 3.05) is 25.4 Å². The van der Waals surface area contributed by atoms with Crippen molar-refractivity contribution in [1.29, 1.82) is 0 Å². The van der Waals surface area contributed by atoms with Gasteiger partial charge in [-0.1, -0.05) is 0 Å². The van der Waals surface area contributed by atoms with Crippen LogP contribution in [0.1, 0.15) is 32.7 Å². The third-order valence-electron chi connectivity index (χ3n) is 4.49. The van der Waals surface area contributed by atoms with E-state index in [4.69, 9.17) is 0 Å². The van der Waals surface area contributed by atoms with Crippen molar-refractivity contribution in [2.24, 2.45) is 0 Å². The number of amides is 1. The van der Waals surface area contributed by atoms with Crippen molar-refractivity contribution in [3.05, 3.63) is 18.5 Å². The summed E-state index contributed by atoms with van der Waals surface area (Å²) < 4.78 is 26.8. The first-order valence-electron chi connectivity index (χ1n) is 8.25. The maximum Gasteiger partial charge on any atom is 0.323 e. The summed E-state index contributed by atoms with van der Waals surface area (Å²) in [7, 11) is -3.27. The first kappa shape index (κ1) is 19.4. The van der Waals surface area contributed by atoms with Gasteiger partial charge in [0.2, 0.25) is 15.9 Å². The average Bonchev–Trinajstić information content (AvgIpc) is 3.13. The number of piperidine rings is 1. The monoisotopic (exact) mass is 372 g/mol. The third-order valence-corrected chi connectivity index (χ3v) is 6.37. The maximum absolute atomic E-state index is 12.8. The lowest BCUT2D eigenvalue weighted by Gasteiger charge is -2.38. The lowest BCUT2D eigenvalue weighted by atomic mass is 10.0. The molecule has 0 radical (unpaired) electrons. The van der Waals surface area contributed by atoms with E-state index < -0.39 is 28.6 Å². The van der Waals surface area contributed by atoms with Gasteiger partial charge >= 0.3 is 5.97 Å². The SMILES string of the molecule is CCS(=O)(=O)N1CCC(N(CC(=O)O)C(=O)C(C)n2cccn2)CC1. The van der Waals surface area contributed by atoms with Crippen LogP contribution in [0.4, 0.5) is 0 Å². The highest BCUT2D eigenvalue weighted by atomic mass is 32.2. The zero-order chi connectivity index (χ0) is 18.6. The van der Waals surface area contributed by atoms with E-state index in [1.165, 1.54) is 13.9 Å². The molecule has 0 aliphatic carbocycles. The first-order valence-corrected chi connectivity index (χ1v) is 9.86. The number of aliphatic carboxylic acids is 1. The van der Waals surface area contributed by atoms with E-state index >= 15 is 0 Å². The fraction of sp³-hybridized carbons (Fsp3) is 0.667. The fourth-order valence-corrected chi connectivity index (χ4v) is 4.14. The van der Waals surface area contributed by atoms with Crippen molar-refractivity contribution in [3.8, 4) is 0 Å². The number of hydrogen-bond donors (Lipinski definition) is 1. The smallest absolute Gasteiger partial charge is 0.323 e. The molecule has 1 unspecified atom stereocenters. The zero-order valence-electron chi connectivity index (χ0n) is 14.4. The number of carbonyl (C=O) groups is 2. The van der Waals surface area contributed by atoms with Crippen molar-refractivity contribution >= 4 is 21.9 Å². The molecule has 2 rings (SSSR count). The summed E-state index contributed by atoms with van der Waals surface area (Å²) in [6.07, 6.45) is 4.05. The summed E-state index contributed by atoms with van der Waals surface area (Å²) in [6.45, 7) is 3.44. The molecule has 0 bridgehead atoms. The minimum Gasteiger partial charge on any atom is -0.480 e. The van der Waals surface area contributed by atoms with Gasteiger partial charge in [0, 0.05) is 31.5 Å². The number of carbonyl (C=O) groups excluding carboxylic acids is 1. The Morgan fingerprint density at radius 1 is 1.36 bits per heavy atom. The van der Waals surface area contributed by atoms with Crippen LogP contribution in [0.2, 0.25) is 0 Å². The molecular weight excluding hydrogens is 348 g/mol. The van der Waals surface area contributed by atoms with Crippen molar-refractivity contribution < 1.29 is 23.1 Å². The highest BCUT2D eigenvalue weighted by Crippen LogP contribution is 2.22. The minimum atomic E-state index is -3.27. The van der Waals surface area contributed by atoms with E-state index in [2.05, 4.69) is 5.10 Å². The normalized spacial score (nSPS) is 18.0. The van der Waals surface area contributed by atoms with Crippen LogP contribution in [0.3, 0.4) is 0 Å². The van der Waals surface area contributed by atoms with Gasteiger partial charge in [-0.25, -0.2) is 12.7 Å². The van der Waals surface area contributed by atoms with Crippen LogP contribution in [0, 0.1) is 0 Å². The Morgan fingerprint density at radius 3 is 2.48 bits per heavy atom. The summed E-state index contributed by atoms with van der Waals surface area (Å²) >= 11 is 0. The molecule has 140 valence electrons. The lowest BCUT2D eigenvalue weighted by molar-refractivity contribution is -0.148. The number of carboxylic acids is 1. The number of sulfonamides is 1. The second-order valence-electron chi connectivity index (χ2n) is 6.05. The molecule has 1 fully saturated rings. The maximum atomic E-state index is 12.8. The number of rotatable bonds is 7. The summed E-state index contributed by atoms with van der Waals surface area (Å²) in [5.74, 6) is -1.39. The molecule has 9 nitrogen and oxygen atoms in total. The second kappa shape index (κ2) is 7.96. The molecule has 1 atom stereocenters. The molecule has 2 heterocycles. The second-order valence-corrected chi connectivity index (χ2v) is 8.31. The van der Waals surface area contributed by atoms with Crippen molar-refractivity contribution in [1.82, 2.24) is 19.0 Å². The van der Waals surface area contributed by atoms with E-state index in [0.29, 0.717) is 25.9 Å². The average molecular weight is 372 g/mol. The topological polar surface area (TPSA) is 113 Å². The molecule has 1 aliphatic heterocycles. The highest BCUT2D eigenvalue weighted by Gasteiger charge is 2.34. The highest BCUT2D eigenvalue weighted by molar-refractivity contribution is 7.89. The van der Waals surface area contributed by atoms with Gasteiger partial charge in [-0.05, 0) is 32.8 Å². The molecule has 1 aliphatic rings. The van der Waals surface area contributed by atoms with Gasteiger partial charge in [-0.3, -0.25) is 14.3 Å². The predicted molar refractivity (Wildman–Crippen MR) is 90.3 cm³/mol. The summed E-state index contributed by atoms with van der Waals surface area (Å²) in [5.41, 5.74) is 0. The van der Waals surface area contributed by atoms with Gasteiger partial charge in [-0.2, -0.15) is 5.10 Å². The third kappa shape index (κ3) is 4.57. The Bertz CT molecular complexity index is 696.